The largest absolute Gasteiger partial charge is 0.489 e. The number of carbonyl (C=O) groups is 2. The van der Waals surface area contributed by atoms with Crippen molar-refractivity contribution in [1.29, 1.82) is 0 Å². The minimum absolute atomic E-state index is 0.0319. The fourth-order valence-electron chi connectivity index (χ4n) is 2.13. The van der Waals surface area contributed by atoms with E-state index in [1.165, 1.54) is 25.2 Å². The van der Waals surface area contributed by atoms with Gasteiger partial charge in [-0.1, -0.05) is 0 Å². The zero-order valence-corrected chi connectivity index (χ0v) is 12.9. The van der Waals surface area contributed by atoms with Gasteiger partial charge in [-0.05, 0) is 25.0 Å². The minimum Gasteiger partial charge on any atom is -0.489 e. The summed E-state index contributed by atoms with van der Waals surface area (Å²) < 4.78 is 24.5. The molecule has 7 nitrogen and oxygen atoms in total. The van der Waals surface area contributed by atoms with E-state index in [2.05, 4.69) is 16.0 Å². The lowest BCUT2D eigenvalue weighted by atomic mass is 10.2. The van der Waals surface area contributed by atoms with Gasteiger partial charge in [-0.2, -0.15) is 0 Å². The number of nitrogens with one attached hydrogen (secondary N) is 3. The van der Waals surface area contributed by atoms with Gasteiger partial charge in [0.15, 0.2) is 0 Å². The maximum absolute atomic E-state index is 13.4. The first-order valence-electron chi connectivity index (χ1n) is 7.38. The molecular weight excluding hydrogens is 305 g/mol. The van der Waals surface area contributed by atoms with Gasteiger partial charge in [-0.25, -0.2) is 9.18 Å². The zero-order chi connectivity index (χ0) is 16.7. The van der Waals surface area contributed by atoms with Crippen molar-refractivity contribution in [3.05, 3.63) is 24.0 Å². The van der Waals surface area contributed by atoms with E-state index >= 15 is 0 Å². The molecule has 1 aliphatic rings. The summed E-state index contributed by atoms with van der Waals surface area (Å²) in [6, 6.07) is 3.40. The topological polar surface area (TPSA) is 88.7 Å². The number of hydrogen-bond acceptors (Lipinski definition) is 5. The molecule has 23 heavy (non-hydrogen) atoms. The van der Waals surface area contributed by atoms with Crippen LogP contribution in [-0.4, -0.2) is 44.8 Å². The number of anilines is 1. The molecule has 2 rings (SSSR count). The number of halogens is 1. The summed E-state index contributed by atoms with van der Waals surface area (Å²) >= 11 is 0. The summed E-state index contributed by atoms with van der Waals surface area (Å²) in [6.45, 7) is 0.903. The van der Waals surface area contributed by atoms with Gasteiger partial charge < -0.3 is 20.1 Å². The second kappa shape index (κ2) is 8.33. The molecule has 0 radical (unpaired) electrons. The molecule has 8 heteroatoms. The van der Waals surface area contributed by atoms with Crippen molar-refractivity contribution < 1.29 is 23.5 Å². The third-order valence-electron chi connectivity index (χ3n) is 3.31. The number of rotatable bonds is 6. The first-order chi connectivity index (χ1) is 11.1. The number of imide groups is 1. The van der Waals surface area contributed by atoms with Gasteiger partial charge >= 0.3 is 6.03 Å². The van der Waals surface area contributed by atoms with Crippen LogP contribution in [0.3, 0.4) is 0 Å². The highest BCUT2D eigenvalue weighted by atomic mass is 19.1. The number of amides is 3. The van der Waals surface area contributed by atoms with Crippen molar-refractivity contribution in [2.45, 2.75) is 18.9 Å². The van der Waals surface area contributed by atoms with Crippen LogP contribution in [-0.2, 0) is 9.53 Å². The highest BCUT2D eigenvalue weighted by Crippen LogP contribution is 2.26. The average Bonchev–Trinajstić information content (AvgIpc) is 3.05. The van der Waals surface area contributed by atoms with Gasteiger partial charge in [0, 0.05) is 19.7 Å². The Morgan fingerprint density at radius 2 is 2.26 bits per heavy atom. The molecule has 0 bridgehead atoms. The molecule has 0 unspecified atom stereocenters. The summed E-state index contributed by atoms with van der Waals surface area (Å²) in [7, 11) is 1.40. The maximum atomic E-state index is 13.4. The van der Waals surface area contributed by atoms with Gasteiger partial charge in [0.2, 0.25) is 5.91 Å². The molecule has 0 aromatic heterocycles. The maximum Gasteiger partial charge on any atom is 0.321 e. The second-order valence-corrected chi connectivity index (χ2v) is 5.07. The molecule has 3 N–H and O–H groups in total. The summed E-state index contributed by atoms with van der Waals surface area (Å²) in [6.07, 6.45) is 1.96. The van der Waals surface area contributed by atoms with Gasteiger partial charge in [0.25, 0.3) is 0 Å². The fraction of sp³-hybridized carbons (Fsp3) is 0.467. The summed E-state index contributed by atoms with van der Waals surface area (Å²) in [5, 5.41) is 7.13. The van der Waals surface area contributed by atoms with Crippen molar-refractivity contribution in [2.75, 3.05) is 32.1 Å². The van der Waals surface area contributed by atoms with E-state index in [1.54, 1.807) is 0 Å². The van der Waals surface area contributed by atoms with E-state index in [4.69, 9.17) is 9.47 Å². The van der Waals surface area contributed by atoms with Crippen LogP contribution in [0.4, 0.5) is 14.9 Å². The van der Waals surface area contributed by atoms with Gasteiger partial charge in [-0.3, -0.25) is 10.1 Å². The Balaban J connectivity index is 1.92. The van der Waals surface area contributed by atoms with Gasteiger partial charge in [0.05, 0.1) is 18.3 Å². The molecule has 1 fully saturated rings. The normalized spacial score (nSPS) is 16.7. The average molecular weight is 325 g/mol. The van der Waals surface area contributed by atoms with Gasteiger partial charge in [-0.15, -0.1) is 0 Å². The molecule has 3 amide bonds. The number of carbonyl (C=O) groups excluding carboxylic acids is 2. The Morgan fingerprint density at radius 1 is 1.43 bits per heavy atom. The third kappa shape index (κ3) is 5.41. The van der Waals surface area contributed by atoms with E-state index in [-0.39, 0.29) is 12.6 Å². The molecule has 1 saturated heterocycles. The molecule has 1 aromatic rings. The lowest BCUT2D eigenvalue weighted by Crippen LogP contribution is -2.40. The molecule has 0 saturated carbocycles. The highest BCUT2D eigenvalue weighted by molar-refractivity contribution is 5.96. The monoisotopic (exact) mass is 325 g/mol. The lowest BCUT2D eigenvalue weighted by molar-refractivity contribution is -0.118. The fourth-order valence-corrected chi connectivity index (χ4v) is 2.13. The van der Waals surface area contributed by atoms with Crippen molar-refractivity contribution in [2.24, 2.45) is 0 Å². The van der Waals surface area contributed by atoms with Crippen LogP contribution in [0.25, 0.3) is 0 Å². The Labute approximate surface area is 133 Å². The van der Waals surface area contributed by atoms with E-state index in [1.807, 2.05) is 0 Å². The van der Waals surface area contributed by atoms with Gasteiger partial charge in [0.1, 0.15) is 18.2 Å². The van der Waals surface area contributed by atoms with Crippen LogP contribution >= 0.6 is 0 Å². The number of ether oxygens (including phenoxy) is 2. The molecule has 126 valence electrons. The molecule has 0 spiro atoms. The number of hydrogen-bond donors (Lipinski definition) is 3. The number of urea groups is 1. The SMILES string of the molecule is CNC(=O)NC(=O)CNc1cc(F)ccc1OC[C@H]1CCCO1. The molecule has 1 aliphatic heterocycles. The molecule has 1 aromatic carbocycles. The Morgan fingerprint density at radius 3 is 2.96 bits per heavy atom. The highest BCUT2D eigenvalue weighted by Gasteiger charge is 2.17. The Bertz CT molecular complexity index is 562. The number of benzene rings is 1. The minimum atomic E-state index is -0.606. The predicted octanol–water partition coefficient (Wildman–Crippen LogP) is 1.25. The third-order valence-corrected chi connectivity index (χ3v) is 3.31. The van der Waals surface area contributed by atoms with E-state index in [9.17, 15) is 14.0 Å². The Hall–Kier alpha value is -2.35. The van der Waals surface area contributed by atoms with Crippen molar-refractivity contribution in [3.63, 3.8) is 0 Å². The van der Waals surface area contributed by atoms with Crippen LogP contribution < -0.4 is 20.7 Å². The summed E-state index contributed by atoms with van der Waals surface area (Å²) in [5.74, 6) is -0.572. The van der Waals surface area contributed by atoms with Crippen molar-refractivity contribution >= 4 is 17.6 Å². The van der Waals surface area contributed by atoms with Crippen LogP contribution in [0.1, 0.15) is 12.8 Å². The van der Waals surface area contributed by atoms with Crippen molar-refractivity contribution in [3.8, 4) is 5.75 Å². The zero-order valence-electron chi connectivity index (χ0n) is 12.9. The van der Waals surface area contributed by atoms with Crippen LogP contribution in [0.5, 0.6) is 5.75 Å². The molecular formula is C15H20FN3O4. The molecule has 1 heterocycles. The lowest BCUT2D eigenvalue weighted by Gasteiger charge is -2.15. The first kappa shape index (κ1) is 17.0. The van der Waals surface area contributed by atoms with Crippen LogP contribution in [0.2, 0.25) is 0 Å². The second-order valence-electron chi connectivity index (χ2n) is 5.07. The Kier molecular flexibility index (Phi) is 6.16. The van der Waals surface area contributed by atoms with Crippen LogP contribution in [0, 0.1) is 5.82 Å². The molecule has 0 aliphatic carbocycles. The van der Waals surface area contributed by atoms with E-state index < -0.39 is 17.8 Å². The summed E-state index contributed by atoms with van der Waals surface area (Å²) in [5.41, 5.74) is 0.343. The molecule has 1 atom stereocenters. The van der Waals surface area contributed by atoms with Crippen molar-refractivity contribution in [1.82, 2.24) is 10.6 Å². The quantitative estimate of drug-likeness (QED) is 0.732. The standard InChI is InChI=1S/C15H20FN3O4/c1-17-15(21)19-14(20)8-18-12-7-10(16)4-5-13(12)23-9-11-3-2-6-22-11/h4-5,7,11,18H,2-3,6,8-9H2,1H3,(H2,17,19,20,21)/t11-/m1/s1. The smallest absolute Gasteiger partial charge is 0.321 e. The predicted molar refractivity (Wildman–Crippen MR) is 82.0 cm³/mol. The van der Waals surface area contributed by atoms with Crippen LogP contribution in [0.15, 0.2) is 18.2 Å². The van der Waals surface area contributed by atoms with E-state index in [0.717, 1.165) is 19.4 Å². The summed E-state index contributed by atoms with van der Waals surface area (Å²) in [4.78, 5) is 22.6. The van der Waals surface area contributed by atoms with E-state index in [0.29, 0.717) is 18.0 Å². The first-order valence-corrected chi connectivity index (χ1v) is 7.38.